The molecule has 2 fully saturated rings. The molecule has 0 amide bonds. The summed E-state index contributed by atoms with van der Waals surface area (Å²) in [7, 11) is 0. The fourth-order valence-corrected chi connectivity index (χ4v) is 3.72. The maximum absolute atomic E-state index is 12.4. The molecule has 2 aliphatic rings. The predicted octanol–water partition coefficient (Wildman–Crippen LogP) is 3.13. The van der Waals surface area contributed by atoms with E-state index in [4.69, 9.17) is 9.40 Å². The van der Waals surface area contributed by atoms with Gasteiger partial charge in [-0.05, 0) is 44.4 Å². The van der Waals surface area contributed by atoms with Crippen LogP contribution in [-0.2, 0) is 6.54 Å². The minimum Gasteiger partial charge on any atom is -0.444 e. The fraction of sp³-hybridized carbons (Fsp3) is 0.421. The van der Waals surface area contributed by atoms with Gasteiger partial charge in [-0.3, -0.25) is 9.69 Å². The first-order valence-electron chi connectivity index (χ1n) is 8.95. The van der Waals surface area contributed by atoms with E-state index in [0.717, 1.165) is 42.4 Å². The Labute approximate surface area is 144 Å². The number of aromatic nitrogens is 3. The Balaban J connectivity index is 1.43. The summed E-state index contributed by atoms with van der Waals surface area (Å²) >= 11 is 0. The van der Waals surface area contributed by atoms with Crippen molar-refractivity contribution in [2.75, 3.05) is 6.54 Å². The number of hydrogen-bond donors (Lipinski definition) is 1. The molecule has 25 heavy (non-hydrogen) atoms. The Hall–Kier alpha value is -2.47. The lowest BCUT2D eigenvalue weighted by molar-refractivity contribution is 0.214. The molecule has 1 atom stereocenters. The number of rotatable bonds is 4. The van der Waals surface area contributed by atoms with Crippen LogP contribution in [0.15, 0.2) is 39.7 Å². The van der Waals surface area contributed by atoms with Gasteiger partial charge in [-0.25, -0.2) is 9.97 Å². The lowest BCUT2D eigenvalue weighted by Crippen LogP contribution is -2.26. The average Bonchev–Trinajstić information content (AvgIpc) is 3.19. The van der Waals surface area contributed by atoms with Crippen LogP contribution in [0.4, 0.5) is 0 Å². The molecule has 1 aliphatic heterocycles. The quantitative estimate of drug-likeness (QED) is 0.792. The zero-order chi connectivity index (χ0) is 16.8. The van der Waals surface area contributed by atoms with Crippen molar-refractivity contribution in [3.63, 3.8) is 0 Å². The van der Waals surface area contributed by atoms with Crippen LogP contribution in [0, 0.1) is 0 Å². The van der Waals surface area contributed by atoms with Gasteiger partial charge in [0.05, 0.1) is 29.7 Å². The monoisotopic (exact) mass is 336 g/mol. The van der Waals surface area contributed by atoms with E-state index in [1.807, 2.05) is 30.5 Å². The van der Waals surface area contributed by atoms with Crippen LogP contribution in [0.5, 0.6) is 0 Å². The van der Waals surface area contributed by atoms with Crippen molar-refractivity contribution in [2.45, 2.75) is 44.2 Å². The maximum atomic E-state index is 12.4. The van der Waals surface area contributed by atoms with Gasteiger partial charge in [0.15, 0.2) is 0 Å². The van der Waals surface area contributed by atoms with Crippen LogP contribution < -0.4 is 5.56 Å². The van der Waals surface area contributed by atoms with Crippen LogP contribution in [-0.4, -0.2) is 26.4 Å². The number of nitrogens with zero attached hydrogens (tertiary/aromatic N) is 3. The van der Waals surface area contributed by atoms with E-state index in [1.54, 1.807) is 0 Å². The van der Waals surface area contributed by atoms with Crippen LogP contribution >= 0.6 is 0 Å². The number of likely N-dealkylation sites (tertiary alicyclic amines) is 1. The lowest BCUT2D eigenvalue weighted by atomic mass is 10.2. The molecule has 1 N–H and O–H groups in total. The van der Waals surface area contributed by atoms with Crippen LogP contribution in [0.2, 0.25) is 0 Å². The summed E-state index contributed by atoms with van der Waals surface area (Å²) in [6.07, 6.45) is 6.36. The van der Waals surface area contributed by atoms with Crippen molar-refractivity contribution in [2.24, 2.45) is 0 Å². The zero-order valence-corrected chi connectivity index (χ0v) is 13.9. The molecular weight excluding hydrogens is 316 g/mol. The smallest absolute Gasteiger partial charge is 0.258 e. The Bertz CT molecular complexity index is 973. The highest BCUT2D eigenvalue weighted by molar-refractivity contribution is 5.77. The van der Waals surface area contributed by atoms with Gasteiger partial charge < -0.3 is 9.40 Å². The second-order valence-electron chi connectivity index (χ2n) is 7.03. The fourth-order valence-electron chi connectivity index (χ4n) is 3.72. The van der Waals surface area contributed by atoms with Gasteiger partial charge in [0, 0.05) is 5.92 Å². The van der Waals surface area contributed by atoms with E-state index in [9.17, 15) is 4.79 Å². The average molecular weight is 336 g/mol. The van der Waals surface area contributed by atoms with Crippen LogP contribution in [0.3, 0.4) is 0 Å². The molecule has 1 saturated carbocycles. The first-order valence-corrected chi connectivity index (χ1v) is 8.95. The zero-order valence-electron chi connectivity index (χ0n) is 13.9. The molecule has 6 nitrogen and oxygen atoms in total. The molecule has 1 unspecified atom stereocenters. The summed E-state index contributed by atoms with van der Waals surface area (Å²) in [6, 6.07) is 7.58. The normalized spacial score (nSPS) is 21.2. The third-order valence-corrected chi connectivity index (χ3v) is 5.20. The van der Waals surface area contributed by atoms with E-state index in [1.165, 1.54) is 12.8 Å². The molecule has 2 aromatic heterocycles. The van der Waals surface area contributed by atoms with E-state index in [0.29, 0.717) is 17.8 Å². The number of fused-ring (bicyclic) bond motifs is 1. The van der Waals surface area contributed by atoms with Crippen molar-refractivity contribution < 1.29 is 4.42 Å². The molecule has 1 aromatic carbocycles. The van der Waals surface area contributed by atoms with E-state index >= 15 is 0 Å². The molecule has 0 bridgehead atoms. The van der Waals surface area contributed by atoms with Gasteiger partial charge in [0.2, 0.25) is 5.89 Å². The van der Waals surface area contributed by atoms with Crippen molar-refractivity contribution in [1.29, 1.82) is 0 Å². The number of benzene rings is 1. The summed E-state index contributed by atoms with van der Waals surface area (Å²) in [6.45, 7) is 1.62. The van der Waals surface area contributed by atoms with Gasteiger partial charge in [-0.15, -0.1) is 0 Å². The van der Waals surface area contributed by atoms with Crippen molar-refractivity contribution in [3.8, 4) is 0 Å². The van der Waals surface area contributed by atoms with Gasteiger partial charge in [-0.2, -0.15) is 0 Å². The topological polar surface area (TPSA) is 75.0 Å². The maximum Gasteiger partial charge on any atom is 0.258 e. The SMILES string of the molecule is O=c1[nH]c(C2CCCN2Cc2ncc(C3CC3)o2)nc2ccccc12. The highest BCUT2D eigenvalue weighted by Gasteiger charge is 2.31. The highest BCUT2D eigenvalue weighted by atomic mass is 16.4. The van der Waals surface area contributed by atoms with Gasteiger partial charge in [-0.1, -0.05) is 12.1 Å². The Morgan fingerprint density at radius 3 is 3.00 bits per heavy atom. The van der Waals surface area contributed by atoms with E-state index in [-0.39, 0.29) is 11.6 Å². The molecule has 5 rings (SSSR count). The molecule has 0 spiro atoms. The molecular formula is C19H20N4O2. The molecule has 6 heteroatoms. The molecule has 1 saturated heterocycles. The Kier molecular flexibility index (Phi) is 3.45. The van der Waals surface area contributed by atoms with Gasteiger partial charge in [0.1, 0.15) is 11.6 Å². The molecule has 3 aromatic rings. The van der Waals surface area contributed by atoms with Gasteiger partial charge in [0.25, 0.3) is 5.56 Å². The van der Waals surface area contributed by atoms with Crippen LogP contribution in [0.1, 0.15) is 55.1 Å². The molecule has 1 aliphatic carbocycles. The number of aromatic amines is 1. The summed E-state index contributed by atoms with van der Waals surface area (Å²) in [5.41, 5.74) is 0.680. The minimum atomic E-state index is -0.0698. The molecule has 3 heterocycles. The number of para-hydroxylation sites is 1. The lowest BCUT2D eigenvalue weighted by Gasteiger charge is -2.22. The summed E-state index contributed by atoms with van der Waals surface area (Å²) in [5.74, 6) is 3.10. The summed E-state index contributed by atoms with van der Waals surface area (Å²) < 4.78 is 5.90. The highest BCUT2D eigenvalue weighted by Crippen LogP contribution is 2.40. The van der Waals surface area contributed by atoms with Crippen molar-refractivity contribution in [3.05, 3.63) is 58.3 Å². The first kappa shape index (κ1) is 14.8. The van der Waals surface area contributed by atoms with E-state index in [2.05, 4.69) is 14.9 Å². The number of oxazole rings is 1. The van der Waals surface area contributed by atoms with E-state index < -0.39 is 0 Å². The van der Waals surface area contributed by atoms with Crippen LogP contribution in [0.25, 0.3) is 10.9 Å². The standard InChI is InChI=1S/C19H20N4O2/c24-19-13-4-1-2-5-14(13)21-18(22-19)15-6-3-9-23(15)11-17-20-10-16(25-17)12-7-8-12/h1-2,4-5,10,12,15H,3,6-9,11H2,(H,21,22,24). The third-order valence-electron chi connectivity index (χ3n) is 5.20. The minimum absolute atomic E-state index is 0.0698. The third kappa shape index (κ3) is 2.76. The largest absolute Gasteiger partial charge is 0.444 e. The predicted molar refractivity (Wildman–Crippen MR) is 93.2 cm³/mol. The van der Waals surface area contributed by atoms with Crippen molar-refractivity contribution >= 4 is 10.9 Å². The van der Waals surface area contributed by atoms with Gasteiger partial charge >= 0.3 is 0 Å². The number of nitrogens with one attached hydrogen (secondary N) is 1. The molecule has 0 radical (unpaired) electrons. The molecule has 128 valence electrons. The Morgan fingerprint density at radius 2 is 2.12 bits per heavy atom. The van der Waals surface area contributed by atoms with Crippen molar-refractivity contribution in [1.82, 2.24) is 19.9 Å². The second-order valence-corrected chi connectivity index (χ2v) is 7.03. The Morgan fingerprint density at radius 1 is 1.24 bits per heavy atom. The summed E-state index contributed by atoms with van der Waals surface area (Å²) in [5, 5.41) is 0.637. The first-order chi connectivity index (χ1) is 12.3. The number of H-pyrrole nitrogens is 1. The second kappa shape index (κ2) is 5.81. The summed E-state index contributed by atoms with van der Waals surface area (Å²) in [4.78, 5) is 26.8. The number of hydrogen-bond acceptors (Lipinski definition) is 5.